The van der Waals surface area contributed by atoms with Gasteiger partial charge in [0, 0.05) is 10.5 Å². The molecule has 3 aromatic carbocycles. The minimum atomic E-state index is 0.699. The largest absolute Gasteiger partial charge is 0.143 e. The van der Waals surface area contributed by atoms with E-state index >= 15 is 0 Å². The molecule has 5 rings (SSSR count). The van der Waals surface area contributed by atoms with Gasteiger partial charge in [-0.25, -0.2) is 0 Å². The van der Waals surface area contributed by atoms with E-state index in [0.717, 1.165) is 5.25 Å². The minimum absolute atomic E-state index is 0.699. The van der Waals surface area contributed by atoms with Gasteiger partial charge in [-0.2, -0.15) is 0 Å². The molecule has 2 aliphatic rings. The molecule has 1 saturated heterocycles. The first-order valence-corrected chi connectivity index (χ1v) is 7.63. The molecule has 0 spiro atoms. The third kappa shape index (κ3) is 1.36. The number of rotatable bonds is 0. The van der Waals surface area contributed by atoms with Crippen LogP contribution in [0.3, 0.4) is 0 Å². The summed E-state index contributed by atoms with van der Waals surface area (Å²) in [6.07, 6.45) is 4.65. The molecular weight excluding hydrogens is 248 g/mol. The van der Waals surface area contributed by atoms with Crippen molar-refractivity contribution < 1.29 is 0 Å². The number of thioether (sulfide) groups is 1. The Hall–Kier alpha value is -1.73. The van der Waals surface area contributed by atoms with E-state index in [9.17, 15) is 0 Å². The Balaban J connectivity index is 1.95. The van der Waals surface area contributed by atoms with Gasteiger partial charge in [-0.15, -0.1) is 11.8 Å². The lowest BCUT2D eigenvalue weighted by Crippen LogP contribution is -1.96. The van der Waals surface area contributed by atoms with E-state index in [2.05, 4.69) is 72.4 Å². The van der Waals surface area contributed by atoms with Gasteiger partial charge < -0.3 is 0 Å². The first kappa shape index (κ1) is 10.1. The Morgan fingerprint density at radius 2 is 1.68 bits per heavy atom. The van der Waals surface area contributed by atoms with Crippen LogP contribution in [0.4, 0.5) is 0 Å². The van der Waals surface area contributed by atoms with Crippen LogP contribution in [0.2, 0.25) is 0 Å². The third-order valence-electron chi connectivity index (χ3n) is 4.24. The predicted molar refractivity (Wildman–Crippen MR) is 84.6 cm³/mol. The van der Waals surface area contributed by atoms with Crippen LogP contribution in [-0.2, 0) is 0 Å². The highest BCUT2D eigenvalue weighted by molar-refractivity contribution is 8.07. The highest BCUT2D eigenvalue weighted by Crippen LogP contribution is 2.60. The smallest absolute Gasteiger partial charge is 0.0469 e. The topological polar surface area (TPSA) is 0 Å². The SMILES string of the molecule is C1=C[C@@H]2S[C@@H]2c2c1ccc1cc3ccccc3cc21. The molecule has 0 unspecified atom stereocenters. The summed E-state index contributed by atoms with van der Waals surface area (Å²) in [5, 5.41) is 6.93. The van der Waals surface area contributed by atoms with Gasteiger partial charge in [0.2, 0.25) is 0 Å². The molecule has 0 saturated carbocycles. The van der Waals surface area contributed by atoms with Crippen molar-refractivity contribution in [2.45, 2.75) is 10.5 Å². The number of fused-ring (bicyclic) bond motifs is 6. The summed E-state index contributed by atoms with van der Waals surface area (Å²) in [4.78, 5) is 0. The van der Waals surface area contributed by atoms with E-state index in [0.29, 0.717) is 5.25 Å². The maximum Gasteiger partial charge on any atom is 0.0469 e. The van der Waals surface area contributed by atoms with Gasteiger partial charge in [-0.1, -0.05) is 48.6 Å². The molecule has 2 atom stereocenters. The summed E-state index contributed by atoms with van der Waals surface area (Å²) in [6.45, 7) is 0. The van der Waals surface area contributed by atoms with Crippen LogP contribution >= 0.6 is 11.8 Å². The first-order valence-electron chi connectivity index (χ1n) is 6.69. The fourth-order valence-corrected chi connectivity index (χ4v) is 4.26. The second kappa shape index (κ2) is 3.43. The van der Waals surface area contributed by atoms with Crippen molar-refractivity contribution in [3.8, 4) is 0 Å². The van der Waals surface area contributed by atoms with Gasteiger partial charge in [0.05, 0.1) is 0 Å². The summed E-state index contributed by atoms with van der Waals surface area (Å²) in [6, 6.07) is 17.9. The molecule has 19 heavy (non-hydrogen) atoms. The molecule has 3 aromatic rings. The Bertz CT molecular complexity index is 860. The highest BCUT2D eigenvalue weighted by atomic mass is 32.2. The molecule has 1 aliphatic carbocycles. The molecule has 1 aliphatic heterocycles. The lowest BCUT2D eigenvalue weighted by Gasteiger charge is -2.13. The molecule has 1 heterocycles. The van der Waals surface area contributed by atoms with Crippen molar-refractivity contribution in [1.29, 1.82) is 0 Å². The monoisotopic (exact) mass is 260 g/mol. The summed E-state index contributed by atoms with van der Waals surface area (Å²) in [7, 11) is 0. The van der Waals surface area contributed by atoms with E-state index in [-0.39, 0.29) is 0 Å². The van der Waals surface area contributed by atoms with Crippen LogP contribution in [0, 0.1) is 0 Å². The maximum atomic E-state index is 2.37. The van der Waals surface area contributed by atoms with Crippen molar-refractivity contribution >= 4 is 39.4 Å². The van der Waals surface area contributed by atoms with Gasteiger partial charge >= 0.3 is 0 Å². The summed E-state index contributed by atoms with van der Waals surface area (Å²) in [5.41, 5.74) is 2.97. The van der Waals surface area contributed by atoms with Crippen LogP contribution in [0.15, 0.2) is 54.6 Å². The summed E-state index contributed by atoms with van der Waals surface area (Å²) < 4.78 is 0. The second-order valence-electron chi connectivity index (χ2n) is 5.37. The molecule has 0 bridgehead atoms. The average Bonchev–Trinajstić information content (AvgIpc) is 3.24. The van der Waals surface area contributed by atoms with Crippen LogP contribution in [0.5, 0.6) is 0 Å². The van der Waals surface area contributed by atoms with Crippen molar-refractivity contribution in [3.05, 3.63) is 65.7 Å². The molecule has 0 N–H and O–H groups in total. The Labute approximate surface area is 116 Å². The fourth-order valence-electron chi connectivity index (χ4n) is 3.22. The molecule has 0 aromatic heterocycles. The normalized spacial score (nSPS) is 23.4. The Morgan fingerprint density at radius 1 is 0.842 bits per heavy atom. The molecular formula is C18H12S. The third-order valence-corrected chi connectivity index (χ3v) is 5.49. The number of benzene rings is 3. The zero-order valence-electron chi connectivity index (χ0n) is 10.3. The zero-order valence-corrected chi connectivity index (χ0v) is 11.2. The quantitative estimate of drug-likeness (QED) is 0.396. The molecule has 1 fully saturated rings. The van der Waals surface area contributed by atoms with Gasteiger partial charge in [0.25, 0.3) is 0 Å². The average molecular weight is 260 g/mol. The van der Waals surface area contributed by atoms with Crippen LogP contribution < -0.4 is 0 Å². The van der Waals surface area contributed by atoms with Crippen molar-refractivity contribution in [2.75, 3.05) is 0 Å². The number of hydrogen-bond acceptors (Lipinski definition) is 1. The maximum absolute atomic E-state index is 2.37. The Kier molecular flexibility index (Phi) is 1.82. The molecule has 0 radical (unpaired) electrons. The highest BCUT2D eigenvalue weighted by Gasteiger charge is 2.41. The number of hydrogen-bond donors (Lipinski definition) is 0. The minimum Gasteiger partial charge on any atom is -0.143 e. The van der Waals surface area contributed by atoms with Crippen LogP contribution in [0.1, 0.15) is 16.4 Å². The van der Waals surface area contributed by atoms with Gasteiger partial charge in [-0.3, -0.25) is 0 Å². The fraction of sp³-hybridized carbons (Fsp3) is 0.111. The zero-order chi connectivity index (χ0) is 12.4. The van der Waals surface area contributed by atoms with E-state index in [1.807, 2.05) is 0 Å². The second-order valence-corrected chi connectivity index (χ2v) is 6.69. The van der Waals surface area contributed by atoms with E-state index in [4.69, 9.17) is 0 Å². The summed E-state index contributed by atoms with van der Waals surface area (Å²) in [5.74, 6) is 0. The van der Waals surface area contributed by atoms with Crippen molar-refractivity contribution in [2.24, 2.45) is 0 Å². The lowest BCUT2D eigenvalue weighted by atomic mass is 9.90. The first-order chi connectivity index (χ1) is 9.40. The van der Waals surface area contributed by atoms with E-state index in [1.165, 1.54) is 27.1 Å². The van der Waals surface area contributed by atoms with Crippen molar-refractivity contribution in [1.82, 2.24) is 0 Å². The van der Waals surface area contributed by atoms with Crippen molar-refractivity contribution in [3.63, 3.8) is 0 Å². The van der Waals surface area contributed by atoms with E-state index < -0.39 is 0 Å². The van der Waals surface area contributed by atoms with E-state index in [1.54, 1.807) is 5.56 Å². The predicted octanol–water partition coefficient (Wildman–Crippen LogP) is 5.18. The van der Waals surface area contributed by atoms with Crippen LogP contribution in [-0.4, -0.2) is 5.25 Å². The Morgan fingerprint density at radius 3 is 2.58 bits per heavy atom. The van der Waals surface area contributed by atoms with Crippen LogP contribution in [0.25, 0.3) is 27.6 Å². The molecule has 1 heteroatoms. The molecule has 0 nitrogen and oxygen atoms in total. The van der Waals surface area contributed by atoms with Gasteiger partial charge in [-0.05, 0) is 44.8 Å². The standard InChI is InChI=1S/C18H12S/c1-2-4-13-10-15-14(9-12(13)3-1)6-5-11-7-8-16-18(19-16)17(11)15/h1-10,16,18H/t16-,18-/m0/s1. The molecule has 0 amide bonds. The van der Waals surface area contributed by atoms with Gasteiger partial charge in [0.15, 0.2) is 0 Å². The molecule has 90 valence electrons. The lowest BCUT2D eigenvalue weighted by molar-refractivity contribution is 1.11. The van der Waals surface area contributed by atoms with Gasteiger partial charge in [0.1, 0.15) is 0 Å². The summed E-state index contributed by atoms with van der Waals surface area (Å²) >= 11 is 2.08.